The topological polar surface area (TPSA) is 55.9 Å². The van der Waals surface area contributed by atoms with E-state index >= 15 is 0 Å². The second-order valence-corrected chi connectivity index (χ2v) is 7.31. The molecule has 0 radical (unpaired) electrons. The normalized spacial score (nSPS) is 20.8. The lowest BCUT2D eigenvalue weighted by molar-refractivity contribution is -0.919. The number of aromatic hydroxyl groups is 1. The molecule has 0 saturated carbocycles. The summed E-state index contributed by atoms with van der Waals surface area (Å²) in [5, 5.41) is 11.4. The Balaban J connectivity index is 2.09. The standard InChI is InChI=1S/C20H28N2O3/c1-5-25-20(24)18-14(3)21(4)16-6-7-17(23)15(19(16)18)12-22-10-8-13(2)9-11-22/h6-7,13,23H,5,8-12H2,1-4H3/p+1. The molecule has 0 aliphatic carbocycles. The lowest BCUT2D eigenvalue weighted by Gasteiger charge is -2.27. The molecule has 3 rings (SSSR count). The van der Waals surface area contributed by atoms with E-state index in [4.69, 9.17) is 4.74 Å². The number of benzene rings is 1. The summed E-state index contributed by atoms with van der Waals surface area (Å²) in [6.45, 7) is 9.35. The molecule has 1 aliphatic rings. The number of carbonyl (C=O) groups excluding carboxylic acids is 1. The molecule has 0 spiro atoms. The van der Waals surface area contributed by atoms with Crippen molar-refractivity contribution in [3.63, 3.8) is 0 Å². The van der Waals surface area contributed by atoms with Crippen LogP contribution in [-0.4, -0.2) is 35.3 Å². The van der Waals surface area contributed by atoms with E-state index in [1.807, 2.05) is 31.5 Å². The number of rotatable bonds is 4. The summed E-state index contributed by atoms with van der Waals surface area (Å²) in [6, 6.07) is 3.63. The minimum Gasteiger partial charge on any atom is -0.507 e. The van der Waals surface area contributed by atoms with E-state index < -0.39 is 0 Å². The van der Waals surface area contributed by atoms with E-state index in [9.17, 15) is 9.90 Å². The lowest BCUT2D eigenvalue weighted by atomic mass is 9.97. The van der Waals surface area contributed by atoms with Gasteiger partial charge in [-0.1, -0.05) is 6.92 Å². The maximum atomic E-state index is 12.6. The highest BCUT2D eigenvalue weighted by molar-refractivity contribution is 6.07. The smallest absolute Gasteiger partial charge is 0.340 e. The Bertz CT molecular complexity index is 786. The minimum atomic E-state index is -0.306. The SMILES string of the molecule is CCOC(=O)c1c(C)n(C)c2ccc(O)c(C[NH+]3CCC(C)CC3)c12. The first kappa shape index (κ1) is 17.8. The van der Waals surface area contributed by atoms with Crippen LogP contribution in [0.15, 0.2) is 12.1 Å². The molecule has 1 saturated heterocycles. The number of aryl methyl sites for hydroxylation is 1. The van der Waals surface area contributed by atoms with Crippen molar-refractivity contribution in [1.29, 1.82) is 0 Å². The maximum absolute atomic E-state index is 12.6. The number of piperidine rings is 1. The quantitative estimate of drug-likeness (QED) is 0.835. The molecule has 2 aromatic rings. The average Bonchev–Trinajstić information content (AvgIpc) is 2.84. The van der Waals surface area contributed by atoms with Gasteiger partial charge in [0.05, 0.1) is 30.8 Å². The fourth-order valence-electron chi connectivity index (χ4n) is 3.94. The summed E-state index contributed by atoms with van der Waals surface area (Å²) in [5.41, 5.74) is 3.31. The molecular weight excluding hydrogens is 316 g/mol. The molecule has 5 heteroatoms. The molecule has 0 unspecified atom stereocenters. The molecule has 1 aromatic heterocycles. The van der Waals surface area contributed by atoms with Crippen molar-refractivity contribution in [1.82, 2.24) is 4.57 Å². The second kappa shape index (κ2) is 7.08. The van der Waals surface area contributed by atoms with Gasteiger partial charge in [-0.25, -0.2) is 4.79 Å². The highest BCUT2D eigenvalue weighted by atomic mass is 16.5. The van der Waals surface area contributed by atoms with Gasteiger partial charge in [-0.05, 0) is 44.7 Å². The Kier molecular flexibility index (Phi) is 5.04. The number of hydrogen-bond acceptors (Lipinski definition) is 3. The van der Waals surface area contributed by atoms with Crippen LogP contribution >= 0.6 is 0 Å². The number of esters is 1. The van der Waals surface area contributed by atoms with E-state index in [0.29, 0.717) is 12.2 Å². The third-order valence-electron chi connectivity index (χ3n) is 5.63. The highest BCUT2D eigenvalue weighted by Gasteiger charge is 2.27. The van der Waals surface area contributed by atoms with Crippen LogP contribution in [0.2, 0.25) is 0 Å². The number of nitrogens with zero attached hydrogens (tertiary/aromatic N) is 1. The fourth-order valence-corrected chi connectivity index (χ4v) is 3.94. The number of carbonyl (C=O) groups is 1. The molecule has 2 N–H and O–H groups in total. The maximum Gasteiger partial charge on any atom is 0.340 e. The van der Waals surface area contributed by atoms with Crippen LogP contribution < -0.4 is 4.90 Å². The minimum absolute atomic E-state index is 0.273. The van der Waals surface area contributed by atoms with Gasteiger partial charge in [0.2, 0.25) is 0 Å². The highest BCUT2D eigenvalue weighted by Crippen LogP contribution is 2.33. The number of phenols is 1. The number of aromatic nitrogens is 1. The summed E-state index contributed by atoms with van der Waals surface area (Å²) >= 11 is 0. The van der Waals surface area contributed by atoms with Gasteiger partial charge in [-0.3, -0.25) is 0 Å². The Labute approximate surface area is 149 Å². The molecule has 1 aromatic carbocycles. The molecule has 2 heterocycles. The molecule has 0 bridgehead atoms. The van der Waals surface area contributed by atoms with Gasteiger partial charge < -0.3 is 19.3 Å². The predicted octanol–water partition coefficient (Wildman–Crippen LogP) is 2.18. The molecular formula is C20H29N2O3+. The van der Waals surface area contributed by atoms with Crippen LogP contribution in [0.1, 0.15) is 48.3 Å². The van der Waals surface area contributed by atoms with Gasteiger partial charge >= 0.3 is 5.97 Å². The van der Waals surface area contributed by atoms with Crippen LogP contribution in [0.5, 0.6) is 5.75 Å². The van der Waals surface area contributed by atoms with E-state index in [-0.39, 0.29) is 11.7 Å². The number of hydrogen-bond donors (Lipinski definition) is 2. The Morgan fingerprint density at radius 3 is 2.68 bits per heavy atom. The van der Waals surface area contributed by atoms with Gasteiger partial charge in [-0.15, -0.1) is 0 Å². The first-order valence-electron chi connectivity index (χ1n) is 9.24. The number of likely N-dealkylation sites (tertiary alicyclic amines) is 1. The van der Waals surface area contributed by atoms with Crippen molar-refractivity contribution >= 4 is 16.9 Å². The van der Waals surface area contributed by atoms with Gasteiger partial charge in [0.15, 0.2) is 0 Å². The Morgan fingerprint density at radius 1 is 1.36 bits per heavy atom. The molecule has 0 atom stereocenters. The molecule has 1 fully saturated rings. The zero-order chi connectivity index (χ0) is 18.1. The van der Waals surface area contributed by atoms with E-state index in [2.05, 4.69) is 6.92 Å². The van der Waals surface area contributed by atoms with Crippen molar-refractivity contribution in [2.24, 2.45) is 13.0 Å². The number of quaternary nitrogens is 1. The largest absolute Gasteiger partial charge is 0.507 e. The predicted molar refractivity (Wildman–Crippen MR) is 98.1 cm³/mol. The second-order valence-electron chi connectivity index (χ2n) is 7.31. The molecule has 136 valence electrons. The van der Waals surface area contributed by atoms with Gasteiger partial charge in [0.1, 0.15) is 12.3 Å². The fraction of sp³-hybridized carbons (Fsp3) is 0.550. The third kappa shape index (κ3) is 3.25. The average molecular weight is 345 g/mol. The van der Waals surface area contributed by atoms with Crippen LogP contribution in [0.3, 0.4) is 0 Å². The number of fused-ring (bicyclic) bond motifs is 1. The zero-order valence-corrected chi connectivity index (χ0v) is 15.7. The number of nitrogens with one attached hydrogen (secondary N) is 1. The summed E-state index contributed by atoms with van der Waals surface area (Å²) in [4.78, 5) is 14.0. The monoisotopic (exact) mass is 345 g/mol. The summed E-state index contributed by atoms with van der Waals surface area (Å²) < 4.78 is 7.30. The molecule has 5 nitrogen and oxygen atoms in total. The lowest BCUT2D eigenvalue weighted by Crippen LogP contribution is -3.11. The molecule has 25 heavy (non-hydrogen) atoms. The number of ether oxygens (including phenoxy) is 1. The van der Waals surface area contributed by atoms with Crippen molar-refractivity contribution < 1.29 is 19.5 Å². The zero-order valence-electron chi connectivity index (χ0n) is 15.7. The first-order valence-corrected chi connectivity index (χ1v) is 9.24. The first-order chi connectivity index (χ1) is 11.9. The Hall–Kier alpha value is -2.01. The summed E-state index contributed by atoms with van der Waals surface area (Å²) in [7, 11) is 1.96. The van der Waals surface area contributed by atoms with Crippen molar-refractivity contribution in [3.8, 4) is 5.75 Å². The van der Waals surface area contributed by atoms with Crippen LogP contribution in [-0.2, 0) is 18.3 Å². The van der Waals surface area contributed by atoms with E-state index in [1.165, 1.54) is 17.7 Å². The third-order valence-corrected chi connectivity index (χ3v) is 5.63. The van der Waals surface area contributed by atoms with Crippen molar-refractivity contribution in [2.45, 2.75) is 40.2 Å². The van der Waals surface area contributed by atoms with Crippen molar-refractivity contribution in [2.75, 3.05) is 19.7 Å². The van der Waals surface area contributed by atoms with Crippen LogP contribution in [0.4, 0.5) is 0 Å². The summed E-state index contributed by atoms with van der Waals surface area (Å²) in [5.74, 6) is 0.747. The summed E-state index contributed by atoms with van der Waals surface area (Å²) in [6.07, 6.45) is 2.43. The van der Waals surface area contributed by atoms with Crippen molar-refractivity contribution in [3.05, 3.63) is 29.0 Å². The molecule has 1 aliphatic heterocycles. The Morgan fingerprint density at radius 2 is 2.04 bits per heavy atom. The number of phenolic OH excluding ortho intramolecular Hbond substituents is 1. The van der Waals surface area contributed by atoms with E-state index in [1.54, 1.807) is 6.07 Å². The van der Waals surface area contributed by atoms with Gasteiger partial charge in [0, 0.05) is 23.6 Å². The van der Waals surface area contributed by atoms with E-state index in [0.717, 1.165) is 47.7 Å². The van der Waals surface area contributed by atoms with Crippen LogP contribution in [0.25, 0.3) is 10.9 Å². The van der Waals surface area contributed by atoms with Gasteiger partial charge in [-0.2, -0.15) is 0 Å². The van der Waals surface area contributed by atoms with Gasteiger partial charge in [0.25, 0.3) is 0 Å². The van der Waals surface area contributed by atoms with Crippen LogP contribution in [0, 0.1) is 12.8 Å². The molecule has 0 amide bonds.